The van der Waals surface area contributed by atoms with Crippen molar-refractivity contribution in [3.8, 4) is 0 Å². The summed E-state index contributed by atoms with van der Waals surface area (Å²) < 4.78 is 6.46. The van der Waals surface area contributed by atoms with Gasteiger partial charge in [0.2, 0.25) is 0 Å². The van der Waals surface area contributed by atoms with Gasteiger partial charge in [0.15, 0.2) is 0 Å². The highest BCUT2D eigenvalue weighted by Crippen LogP contribution is 2.31. The number of nitrogens with zero attached hydrogens (tertiary/aromatic N) is 2. The third-order valence-electron chi connectivity index (χ3n) is 3.07. The van der Waals surface area contributed by atoms with Crippen molar-refractivity contribution in [1.82, 2.24) is 4.98 Å². The normalized spacial score (nSPS) is 12.9. The molecule has 0 aliphatic heterocycles. The molecule has 0 aliphatic carbocycles. The van der Waals surface area contributed by atoms with Crippen LogP contribution in [0.25, 0.3) is 0 Å². The second-order valence-corrected chi connectivity index (χ2v) is 8.02. The molecule has 0 saturated carbocycles. The van der Waals surface area contributed by atoms with Crippen LogP contribution < -0.4 is 4.90 Å². The molecule has 0 radical (unpaired) electrons. The maximum atomic E-state index is 12.7. The Morgan fingerprint density at radius 3 is 2.50 bits per heavy atom. The van der Waals surface area contributed by atoms with E-state index in [0.717, 1.165) is 26.7 Å². The Balaban J connectivity index is 3.27. The van der Waals surface area contributed by atoms with Crippen molar-refractivity contribution >= 4 is 43.6 Å². The highest BCUT2D eigenvalue weighted by atomic mass is 79.9. The predicted octanol–water partition coefficient (Wildman–Crippen LogP) is 5.23. The lowest BCUT2D eigenvalue weighted by atomic mass is 10.1. The predicted molar refractivity (Wildman–Crippen MR) is 97.9 cm³/mol. The van der Waals surface area contributed by atoms with E-state index in [1.165, 1.54) is 0 Å². The number of hydrogen-bond donors (Lipinski definition) is 0. The summed E-state index contributed by atoms with van der Waals surface area (Å²) in [6.07, 6.45) is 1.42. The maximum absolute atomic E-state index is 12.7. The van der Waals surface area contributed by atoms with Crippen LogP contribution in [0.1, 0.15) is 39.0 Å². The number of halogens is 2. The molecule has 0 bridgehead atoms. The van der Waals surface area contributed by atoms with Crippen molar-refractivity contribution < 1.29 is 9.53 Å². The molecule has 0 N–H and O–H groups in total. The van der Waals surface area contributed by atoms with Gasteiger partial charge < -0.3 is 4.74 Å². The van der Waals surface area contributed by atoms with E-state index in [4.69, 9.17) is 4.74 Å². The summed E-state index contributed by atoms with van der Waals surface area (Å²) >= 11 is 6.97. The first-order valence-electron chi connectivity index (χ1n) is 7.25. The molecule has 124 valence electrons. The molecule has 0 fully saturated rings. The van der Waals surface area contributed by atoms with Gasteiger partial charge in [0.05, 0.1) is 11.4 Å². The van der Waals surface area contributed by atoms with Crippen LogP contribution >= 0.6 is 31.9 Å². The van der Waals surface area contributed by atoms with E-state index < -0.39 is 5.60 Å². The van der Waals surface area contributed by atoms with Crippen molar-refractivity contribution in [3.63, 3.8) is 0 Å². The van der Waals surface area contributed by atoms with E-state index >= 15 is 0 Å². The number of carbonyl (C=O) groups is 1. The van der Waals surface area contributed by atoms with Gasteiger partial charge >= 0.3 is 6.09 Å². The van der Waals surface area contributed by atoms with Gasteiger partial charge in [-0.25, -0.2) is 4.79 Å². The smallest absolute Gasteiger partial charge is 0.414 e. The number of amides is 1. The van der Waals surface area contributed by atoms with E-state index in [-0.39, 0.29) is 6.09 Å². The molecule has 4 nitrogen and oxygen atoms in total. The lowest BCUT2D eigenvalue weighted by Crippen LogP contribution is -2.40. The van der Waals surface area contributed by atoms with Gasteiger partial charge in [-0.2, -0.15) is 0 Å². The van der Waals surface area contributed by atoms with Gasteiger partial charge in [0.1, 0.15) is 5.60 Å². The number of anilines is 1. The first-order valence-corrected chi connectivity index (χ1v) is 9.16. The molecular weight excluding hydrogens is 412 g/mol. The van der Waals surface area contributed by atoms with Crippen molar-refractivity contribution in [2.45, 2.75) is 47.1 Å². The molecule has 1 heterocycles. The van der Waals surface area contributed by atoms with E-state index in [9.17, 15) is 4.79 Å². The molecule has 1 amide bonds. The van der Waals surface area contributed by atoms with Gasteiger partial charge in [-0.15, -0.1) is 0 Å². The van der Waals surface area contributed by atoms with Gasteiger partial charge in [0, 0.05) is 22.5 Å². The fraction of sp³-hybridized carbons (Fsp3) is 0.625. The monoisotopic (exact) mass is 434 g/mol. The molecule has 1 rings (SSSR count). The number of carbonyl (C=O) groups excluding carboxylic acids is 1. The lowest BCUT2D eigenvalue weighted by molar-refractivity contribution is 0.0576. The number of ether oxygens (including phenoxy) is 1. The summed E-state index contributed by atoms with van der Waals surface area (Å²) in [5, 5.41) is 0.811. The standard InChI is InChI=1S/C16H24Br2N2O2/c1-10(7-17)9-20(15(21)22-16(4,5)6)14-11(2)13(18)8-19-12(14)3/h8,10H,7,9H2,1-6H3. The third kappa shape index (κ3) is 5.23. The minimum absolute atomic E-state index is 0.297. The van der Waals surface area contributed by atoms with Crippen molar-refractivity contribution in [2.24, 2.45) is 5.92 Å². The van der Waals surface area contributed by atoms with Crippen LogP contribution in [-0.2, 0) is 4.74 Å². The Morgan fingerprint density at radius 2 is 2.00 bits per heavy atom. The number of pyridine rings is 1. The molecule has 1 aromatic rings. The first kappa shape index (κ1) is 19.4. The van der Waals surface area contributed by atoms with Gasteiger partial charge in [-0.1, -0.05) is 22.9 Å². The van der Waals surface area contributed by atoms with Crippen LogP contribution in [0.2, 0.25) is 0 Å². The van der Waals surface area contributed by atoms with Crippen molar-refractivity contribution in [1.29, 1.82) is 0 Å². The largest absolute Gasteiger partial charge is 0.443 e. The third-order valence-corrected chi connectivity index (χ3v) is 4.97. The summed E-state index contributed by atoms with van der Waals surface area (Å²) in [4.78, 5) is 18.7. The quantitative estimate of drug-likeness (QED) is 0.607. The molecule has 1 atom stereocenters. The molecule has 1 unspecified atom stereocenters. The van der Waals surface area contributed by atoms with Crippen LogP contribution in [-0.4, -0.2) is 28.6 Å². The summed E-state index contributed by atoms with van der Waals surface area (Å²) in [6.45, 7) is 12.2. The number of aryl methyl sites for hydroxylation is 1. The molecular formula is C16H24Br2N2O2. The highest BCUT2D eigenvalue weighted by Gasteiger charge is 2.27. The minimum Gasteiger partial charge on any atom is -0.443 e. The zero-order valence-electron chi connectivity index (χ0n) is 14.0. The Bertz CT molecular complexity index is 542. The minimum atomic E-state index is -0.534. The number of aromatic nitrogens is 1. The number of hydrogen-bond acceptors (Lipinski definition) is 3. The summed E-state index contributed by atoms with van der Waals surface area (Å²) in [5.74, 6) is 0.297. The summed E-state index contributed by atoms with van der Waals surface area (Å²) in [5.41, 5.74) is 2.08. The zero-order chi connectivity index (χ0) is 17.1. The Hall–Kier alpha value is -0.620. The second kappa shape index (κ2) is 7.77. The van der Waals surface area contributed by atoms with Crippen molar-refractivity contribution in [3.05, 3.63) is 21.9 Å². The average Bonchev–Trinajstić information content (AvgIpc) is 2.40. The molecule has 0 spiro atoms. The molecule has 22 heavy (non-hydrogen) atoms. The van der Waals surface area contributed by atoms with E-state index in [2.05, 4.69) is 43.8 Å². The fourth-order valence-electron chi connectivity index (χ4n) is 2.03. The zero-order valence-corrected chi connectivity index (χ0v) is 17.2. The maximum Gasteiger partial charge on any atom is 0.414 e. The summed E-state index contributed by atoms with van der Waals surface area (Å²) in [6, 6.07) is 0. The molecule has 6 heteroatoms. The van der Waals surface area contributed by atoms with Crippen LogP contribution in [0.4, 0.5) is 10.5 Å². The lowest BCUT2D eigenvalue weighted by Gasteiger charge is -2.30. The van der Waals surface area contributed by atoms with Crippen LogP contribution in [0.3, 0.4) is 0 Å². The van der Waals surface area contributed by atoms with Crippen LogP contribution in [0, 0.1) is 19.8 Å². The van der Waals surface area contributed by atoms with E-state index in [0.29, 0.717) is 12.5 Å². The second-order valence-electron chi connectivity index (χ2n) is 6.52. The Kier molecular flexibility index (Phi) is 6.86. The SMILES string of the molecule is Cc1ncc(Br)c(C)c1N(CC(C)CBr)C(=O)OC(C)(C)C. The van der Waals surface area contributed by atoms with Gasteiger partial charge in [0.25, 0.3) is 0 Å². The van der Waals surface area contributed by atoms with E-state index in [1.54, 1.807) is 11.1 Å². The Labute approximate surface area is 149 Å². The highest BCUT2D eigenvalue weighted by molar-refractivity contribution is 9.10. The van der Waals surface area contributed by atoms with Crippen LogP contribution in [0.5, 0.6) is 0 Å². The summed E-state index contributed by atoms with van der Waals surface area (Å²) in [7, 11) is 0. The molecule has 0 aliphatic rings. The fourth-order valence-corrected chi connectivity index (χ4v) is 2.52. The number of rotatable bonds is 4. The molecule has 1 aromatic heterocycles. The first-order chi connectivity index (χ1) is 10.1. The van der Waals surface area contributed by atoms with Crippen LogP contribution in [0.15, 0.2) is 10.7 Å². The van der Waals surface area contributed by atoms with Gasteiger partial charge in [-0.05, 0) is 62.0 Å². The molecule has 0 aromatic carbocycles. The average molecular weight is 436 g/mol. The van der Waals surface area contributed by atoms with E-state index in [1.807, 2.05) is 34.6 Å². The molecule has 0 saturated heterocycles. The van der Waals surface area contributed by atoms with Gasteiger partial charge in [-0.3, -0.25) is 9.88 Å². The topological polar surface area (TPSA) is 42.4 Å². The van der Waals surface area contributed by atoms with Crippen molar-refractivity contribution in [2.75, 3.05) is 16.8 Å². The Morgan fingerprint density at radius 1 is 1.41 bits per heavy atom. The number of alkyl halides is 1.